The number of thioether (sulfide) groups is 1. The summed E-state index contributed by atoms with van der Waals surface area (Å²) < 4.78 is 21.7. The minimum absolute atomic E-state index is 0.161. The number of amides is 1. The van der Waals surface area contributed by atoms with Crippen LogP contribution in [-0.4, -0.2) is 81.2 Å². The van der Waals surface area contributed by atoms with E-state index in [0.717, 1.165) is 35.8 Å². The molecule has 0 saturated carbocycles. The van der Waals surface area contributed by atoms with Gasteiger partial charge in [-0.1, -0.05) is 6.07 Å². The standard InChI is InChI=1S/C25H32N2O5S/c1-29-19-6-8-21(9-7-19)33-22-15-23(25(28)26-10-12-32-13-11-26)27(17-22)16-18-4-5-20(30-2)14-24(18)31-3/h4-9,14,22-23H,10-13,15-17H2,1-3H3/t22-,23+/m1/s1. The van der Waals surface area contributed by atoms with Gasteiger partial charge in [-0.3, -0.25) is 9.69 Å². The molecule has 2 aliphatic rings. The molecule has 0 spiro atoms. The molecule has 0 bridgehead atoms. The summed E-state index contributed by atoms with van der Waals surface area (Å²) in [5.74, 6) is 2.58. The number of hydrogen-bond acceptors (Lipinski definition) is 7. The highest BCUT2D eigenvalue weighted by Crippen LogP contribution is 2.36. The van der Waals surface area contributed by atoms with Gasteiger partial charge in [-0.2, -0.15) is 0 Å². The Hall–Kier alpha value is -2.42. The third-order valence-electron chi connectivity index (χ3n) is 6.20. The second kappa shape index (κ2) is 11.1. The first-order valence-corrected chi connectivity index (χ1v) is 12.1. The Morgan fingerprint density at radius 2 is 1.70 bits per heavy atom. The van der Waals surface area contributed by atoms with E-state index in [4.69, 9.17) is 18.9 Å². The van der Waals surface area contributed by atoms with Gasteiger partial charge < -0.3 is 23.8 Å². The van der Waals surface area contributed by atoms with Gasteiger partial charge in [0.2, 0.25) is 5.91 Å². The first-order chi connectivity index (χ1) is 16.1. The van der Waals surface area contributed by atoms with Gasteiger partial charge >= 0.3 is 0 Å². The molecule has 4 rings (SSSR count). The zero-order chi connectivity index (χ0) is 23.2. The van der Waals surface area contributed by atoms with E-state index >= 15 is 0 Å². The zero-order valence-corrected chi connectivity index (χ0v) is 20.3. The van der Waals surface area contributed by atoms with Crippen LogP contribution in [0.15, 0.2) is 47.4 Å². The summed E-state index contributed by atoms with van der Waals surface area (Å²) in [6.07, 6.45) is 0.811. The largest absolute Gasteiger partial charge is 0.497 e. The summed E-state index contributed by atoms with van der Waals surface area (Å²) in [6, 6.07) is 13.8. The molecule has 33 heavy (non-hydrogen) atoms. The van der Waals surface area contributed by atoms with Crippen LogP contribution in [-0.2, 0) is 16.1 Å². The molecule has 2 aromatic carbocycles. The molecule has 2 fully saturated rings. The summed E-state index contributed by atoms with van der Waals surface area (Å²) in [5.41, 5.74) is 1.05. The fourth-order valence-corrected chi connectivity index (χ4v) is 5.64. The van der Waals surface area contributed by atoms with Gasteiger partial charge in [0.05, 0.1) is 40.6 Å². The highest BCUT2D eigenvalue weighted by Gasteiger charge is 2.39. The van der Waals surface area contributed by atoms with Gasteiger partial charge in [0, 0.05) is 48.0 Å². The lowest BCUT2D eigenvalue weighted by Gasteiger charge is -2.32. The van der Waals surface area contributed by atoms with Gasteiger partial charge in [0.25, 0.3) is 0 Å². The molecule has 2 aromatic rings. The fraction of sp³-hybridized carbons (Fsp3) is 0.480. The van der Waals surface area contributed by atoms with Crippen molar-refractivity contribution < 1.29 is 23.7 Å². The molecule has 0 aromatic heterocycles. The SMILES string of the molecule is COc1ccc(S[C@@H]2C[C@@H](C(=O)N3CCOCC3)N(Cc3ccc(OC)cc3OC)C2)cc1. The maximum Gasteiger partial charge on any atom is 0.240 e. The summed E-state index contributed by atoms with van der Waals surface area (Å²) in [4.78, 5) is 18.9. The molecule has 0 unspecified atom stereocenters. The van der Waals surface area contributed by atoms with E-state index < -0.39 is 0 Å². The Morgan fingerprint density at radius 1 is 1.00 bits per heavy atom. The molecule has 0 aliphatic carbocycles. The molecule has 178 valence electrons. The summed E-state index contributed by atoms with van der Waals surface area (Å²) in [7, 11) is 4.99. The molecule has 2 heterocycles. The van der Waals surface area contributed by atoms with Crippen LogP contribution in [0.1, 0.15) is 12.0 Å². The van der Waals surface area contributed by atoms with Crippen molar-refractivity contribution in [2.45, 2.75) is 29.2 Å². The minimum atomic E-state index is -0.161. The van der Waals surface area contributed by atoms with Crippen LogP contribution in [0.25, 0.3) is 0 Å². The molecular formula is C25H32N2O5S. The average molecular weight is 473 g/mol. The highest BCUT2D eigenvalue weighted by molar-refractivity contribution is 8.00. The van der Waals surface area contributed by atoms with Crippen molar-refractivity contribution in [3.05, 3.63) is 48.0 Å². The van der Waals surface area contributed by atoms with Crippen LogP contribution in [0.4, 0.5) is 0 Å². The number of morpholine rings is 1. The Labute approximate surface area is 199 Å². The first kappa shape index (κ1) is 23.7. The second-order valence-electron chi connectivity index (χ2n) is 8.21. The lowest BCUT2D eigenvalue weighted by atomic mass is 10.1. The molecule has 2 saturated heterocycles. The van der Waals surface area contributed by atoms with E-state index in [-0.39, 0.29) is 11.9 Å². The molecule has 8 heteroatoms. The van der Waals surface area contributed by atoms with Crippen LogP contribution < -0.4 is 14.2 Å². The Kier molecular flexibility index (Phi) is 8.01. The van der Waals surface area contributed by atoms with E-state index in [2.05, 4.69) is 17.0 Å². The van der Waals surface area contributed by atoms with E-state index in [1.807, 2.05) is 47.0 Å². The van der Waals surface area contributed by atoms with E-state index in [0.29, 0.717) is 38.1 Å². The molecule has 0 radical (unpaired) electrons. The van der Waals surface area contributed by atoms with Gasteiger partial charge in [0.15, 0.2) is 0 Å². The molecule has 1 amide bonds. The predicted octanol–water partition coefficient (Wildman–Crippen LogP) is 3.31. The van der Waals surface area contributed by atoms with Gasteiger partial charge in [-0.25, -0.2) is 0 Å². The molecular weight excluding hydrogens is 440 g/mol. The van der Waals surface area contributed by atoms with Crippen LogP contribution in [0, 0.1) is 0 Å². The number of carbonyl (C=O) groups excluding carboxylic acids is 1. The monoisotopic (exact) mass is 472 g/mol. The number of benzene rings is 2. The number of nitrogens with zero attached hydrogens (tertiary/aromatic N) is 2. The van der Waals surface area contributed by atoms with Crippen molar-refractivity contribution >= 4 is 17.7 Å². The van der Waals surface area contributed by atoms with Crippen molar-refractivity contribution in [1.29, 1.82) is 0 Å². The second-order valence-corrected chi connectivity index (χ2v) is 9.59. The zero-order valence-electron chi connectivity index (χ0n) is 19.5. The van der Waals surface area contributed by atoms with Crippen molar-refractivity contribution in [2.75, 3.05) is 54.2 Å². The van der Waals surface area contributed by atoms with Crippen LogP contribution in [0.5, 0.6) is 17.2 Å². The van der Waals surface area contributed by atoms with Crippen molar-refractivity contribution in [3.63, 3.8) is 0 Å². The Morgan fingerprint density at radius 3 is 2.36 bits per heavy atom. The highest BCUT2D eigenvalue weighted by atomic mass is 32.2. The average Bonchev–Trinajstić information content (AvgIpc) is 3.26. The maximum atomic E-state index is 13.5. The summed E-state index contributed by atoms with van der Waals surface area (Å²) in [6.45, 7) is 4.00. The third-order valence-corrected chi connectivity index (χ3v) is 7.42. The fourth-order valence-electron chi connectivity index (χ4n) is 4.42. The van der Waals surface area contributed by atoms with Gasteiger partial charge in [-0.15, -0.1) is 11.8 Å². The maximum absolute atomic E-state index is 13.5. The molecule has 2 atom stereocenters. The number of ether oxygens (including phenoxy) is 4. The number of likely N-dealkylation sites (tertiary alicyclic amines) is 1. The van der Waals surface area contributed by atoms with Crippen LogP contribution in [0.3, 0.4) is 0 Å². The molecule has 2 aliphatic heterocycles. The van der Waals surface area contributed by atoms with Crippen LogP contribution >= 0.6 is 11.8 Å². The smallest absolute Gasteiger partial charge is 0.240 e. The van der Waals surface area contributed by atoms with Crippen molar-refractivity contribution in [2.24, 2.45) is 0 Å². The van der Waals surface area contributed by atoms with E-state index in [1.54, 1.807) is 21.3 Å². The third kappa shape index (κ3) is 5.75. The summed E-state index contributed by atoms with van der Waals surface area (Å²) in [5, 5.41) is 0.317. The van der Waals surface area contributed by atoms with Gasteiger partial charge in [0.1, 0.15) is 17.2 Å². The Bertz CT molecular complexity index is 933. The minimum Gasteiger partial charge on any atom is -0.497 e. The lowest BCUT2D eigenvalue weighted by Crippen LogP contribution is -2.49. The normalized spacial score (nSPS) is 21.1. The topological polar surface area (TPSA) is 60.5 Å². The number of methoxy groups -OCH3 is 3. The predicted molar refractivity (Wildman–Crippen MR) is 128 cm³/mol. The number of carbonyl (C=O) groups is 1. The van der Waals surface area contributed by atoms with Crippen molar-refractivity contribution in [3.8, 4) is 17.2 Å². The molecule has 0 N–H and O–H groups in total. The number of rotatable bonds is 8. The quantitative estimate of drug-likeness (QED) is 0.584. The first-order valence-electron chi connectivity index (χ1n) is 11.2. The Balaban J connectivity index is 1.52. The van der Waals surface area contributed by atoms with Crippen LogP contribution in [0.2, 0.25) is 0 Å². The van der Waals surface area contributed by atoms with Crippen molar-refractivity contribution in [1.82, 2.24) is 9.80 Å². The van der Waals surface area contributed by atoms with Gasteiger partial charge in [-0.05, 0) is 36.8 Å². The van der Waals surface area contributed by atoms with E-state index in [9.17, 15) is 4.79 Å². The summed E-state index contributed by atoms with van der Waals surface area (Å²) >= 11 is 1.82. The molecule has 7 nitrogen and oxygen atoms in total. The number of hydrogen-bond donors (Lipinski definition) is 0. The lowest BCUT2D eigenvalue weighted by molar-refractivity contribution is -0.140. The van der Waals surface area contributed by atoms with E-state index in [1.165, 1.54) is 4.90 Å².